The normalized spacial score (nSPS) is 10.4. The lowest BCUT2D eigenvalue weighted by molar-refractivity contribution is -0.116. The zero-order valence-electron chi connectivity index (χ0n) is 16.4. The summed E-state index contributed by atoms with van der Waals surface area (Å²) in [6.45, 7) is 2.70. The van der Waals surface area contributed by atoms with E-state index in [1.54, 1.807) is 24.1 Å². The Balaban J connectivity index is 1.95. The molecule has 2 aromatic carbocycles. The molecule has 0 unspecified atom stereocenters. The van der Waals surface area contributed by atoms with E-state index in [2.05, 4.69) is 12.2 Å². The van der Waals surface area contributed by atoms with Crippen LogP contribution < -0.4 is 5.32 Å². The van der Waals surface area contributed by atoms with E-state index < -0.39 is 0 Å². The lowest BCUT2D eigenvalue weighted by Gasteiger charge is -2.19. The molecule has 2 amide bonds. The molecule has 0 aromatic heterocycles. The van der Waals surface area contributed by atoms with Crippen LogP contribution in [0.2, 0.25) is 0 Å². The largest absolute Gasteiger partial charge is 0.337 e. The van der Waals surface area contributed by atoms with Gasteiger partial charge in [-0.1, -0.05) is 75.1 Å². The van der Waals surface area contributed by atoms with Crippen LogP contribution in [0.15, 0.2) is 54.6 Å². The van der Waals surface area contributed by atoms with Crippen molar-refractivity contribution in [3.8, 4) is 0 Å². The Kier molecular flexibility index (Phi) is 8.56. The molecule has 4 nitrogen and oxygen atoms in total. The van der Waals surface area contributed by atoms with Crippen LogP contribution in [0, 0.1) is 0 Å². The van der Waals surface area contributed by atoms with E-state index in [-0.39, 0.29) is 11.8 Å². The van der Waals surface area contributed by atoms with Gasteiger partial charge in [0.2, 0.25) is 5.91 Å². The highest BCUT2D eigenvalue weighted by molar-refractivity contribution is 6.03. The lowest BCUT2D eigenvalue weighted by Crippen LogP contribution is -2.27. The summed E-state index contributed by atoms with van der Waals surface area (Å²) in [5.74, 6) is -0.129. The van der Waals surface area contributed by atoms with Gasteiger partial charge < -0.3 is 10.2 Å². The molecule has 4 heteroatoms. The molecule has 2 rings (SSSR count). The van der Waals surface area contributed by atoms with Crippen molar-refractivity contribution >= 4 is 17.5 Å². The third kappa shape index (κ3) is 6.89. The topological polar surface area (TPSA) is 49.4 Å². The van der Waals surface area contributed by atoms with E-state index in [1.165, 1.54) is 19.3 Å². The molecule has 0 saturated carbocycles. The molecule has 1 N–H and O–H groups in total. The van der Waals surface area contributed by atoms with Crippen LogP contribution in [-0.4, -0.2) is 23.8 Å². The molecule has 2 aromatic rings. The molecule has 0 aliphatic rings. The number of nitrogens with one attached hydrogen (secondary N) is 1. The van der Waals surface area contributed by atoms with Gasteiger partial charge in [-0.2, -0.15) is 0 Å². The Labute approximate surface area is 162 Å². The molecular formula is C23H30N2O2. The molecule has 27 heavy (non-hydrogen) atoms. The summed E-state index contributed by atoms with van der Waals surface area (Å²) >= 11 is 0. The number of hydrogen-bond donors (Lipinski definition) is 1. The summed E-state index contributed by atoms with van der Waals surface area (Å²) in [6.07, 6.45) is 6.03. The smallest absolute Gasteiger partial charge is 0.256 e. The Bertz CT molecular complexity index is 728. The number of carbonyl (C=O) groups is 2. The van der Waals surface area contributed by atoms with Crippen LogP contribution in [0.5, 0.6) is 0 Å². The standard InChI is InChI=1S/C23H30N2O2/c1-3-4-5-6-10-17-22(26)24-21-16-12-11-15-20(21)23(27)25(2)18-19-13-8-7-9-14-19/h7-9,11-16H,3-6,10,17-18H2,1-2H3,(H,24,26). The number of benzene rings is 2. The van der Waals surface area contributed by atoms with E-state index >= 15 is 0 Å². The number of carbonyl (C=O) groups excluding carboxylic acids is 2. The molecule has 0 radical (unpaired) electrons. The van der Waals surface area contributed by atoms with Crippen LogP contribution in [0.25, 0.3) is 0 Å². The SMILES string of the molecule is CCCCCCCC(=O)Nc1ccccc1C(=O)N(C)Cc1ccccc1. The summed E-state index contributed by atoms with van der Waals surface area (Å²) in [4.78, 5) is 26.8. The Hall–Kier alpha value is -2.62. The fraction of sp³-hybridized carbons (Fsp3) is 0.391. The van der Waals surface area contributed by atoms with Crippen molar-refractivity contribution in [1.29, 1.82) is 0 Å². The fourth-order valence-electron chi connectivity index (χ4n) is 3.02. The molecule has 0 bridgehead atoms. The summed E-state index contributed by atoms with van der Waals surface area (Å²) in [5.41, 5.74) is 2.18. The third-order valence-electron chi connectivity index (χ3n) is 4.55. The van der Waals surface area contributed by atoms with Crippen LogP contribution >= 0.6 is 0 Å². The van der Waals surface area contributed by atoms with Crippen molar-refractivity contribution in [2.24, 2.45) is 0 Å². The van der Waals surface area contributed by atoms with Gasteiger partial charge in [-0.05, 0) is 24.1 Å². The highest BCUT2D eigenvalue weighted by Gasteiger charge is 2.17. The maximum atomic E-state index is 12.9. The van der Waals surface area contributed by atoms with Crippen molar-refractivity contribution in [2.45, 2.75) is 52.0 Å². The first-order valence-electron chi connectivity index (χ1n) is 9.80. The Morgan fingerprint density at radius 1 is 0.889 bits per heavy atom. The molecule has 0 heterocycles. The maximum Gasteiger partial charge on any atom is 0.256 e. The van der Waals surface area contributed by atoms with E-state index in [0.29, 0.717) is 24.2 Å². The monoisotopic (exact) mass is 366 g/mol. The molecule has 0 spiro atoms. The summed E-state index contributed by atoms with van der Waals surface area (Å²) in [6, 6.07) is 17.1. The second kappa shape index (κ2) is 11.2. The number of unbranched alkanes of at least 4 members (excludes halogenated alkanes) is 4. The van der Waals surface area contributed by atoms with E-state index in [4.69, 9.17) is 0 Å². The lowest BCUT2D eigenvalue weighted by atomic mass is 10.1. The molecule has 144 valence electrons. The van der Waals surface area contributed by atoms with Gasteiger partial charge in [-0.25, -0.2) is 0 Å². The van der Waals surface area contributed by atoms with Gasteiger partial charge >= 0.3 is 0 Å². The number of rotatable bonds is 10. The summed E-state index contributed by atoms with van der Waals surface area (Å²) in [5, 5.41) is 2.91. The second-order valence-corrected chi connectivity index (χ2v) is 6.90. The molecular weight excluding hydrogens is 336 g/mol. The van der Waals surface area contributed by atoms with Gasteiger partial charge in [0.1, 0.15) is 0 Å². The van der Waals surface area contributed by atoms with Crippen LogP contribution in [0.1, 0.15) is 61.4 Å². The fourth-order valence-corrected chi connectivity index (χ4v) is 3.02. The minimum Gasteiger partial charge on any atom is -0.337 e. The van der Waals surface area contributed by atoms with Crippen LogP contribution in [-0.2, 0) is 11.3 Å². The molecule has 0 fully saturated rings. The first kappa shape index (κ1) is 20.7. The van der Waals surface area contributed by atoms with Gasteiger partial charge in [-0.15, -0.1) is 0 Å². The first-order chi connectivity index (χ1) is 13.1. The molecule has 0 aliphatic heterocycles. The van der Waals surface area contributed by atoms with Gasteiger partial charge in [0.15, 0.2) is 0 Å². The van der Waals surface area contributed by atoms with Crippen molar-refractivity contribution in [3.05, 3.63) is 65.7 Å². The van der Waals surface area contributed by atoms with E-state index in [9.17, 15) is 9.59 Å². The first-order valence-corrected chi connectivity index (χ1v) is 9.80. The van der Waals surface area contributed by atoms with Crippen molar-refractivity contribution < 1.29 is 9.59 Å². The molecule has 0 saturated heterocycles. The van der Waals surface area contributed by atoms with E-state index in [0.717, 1.165) is 18.4 Å². The minimum atomic E-state index is -0.0994. The highest BCUT2D eigenvalue weighted by atomic mass is 16.2. The maximum absolute atomic E-state index is 12.9. The minimum absolute atomic E-state index is 0.0301. The second-order valence-electron chi connectivity index (χ2n) is 6.90. The van der Waals surface area contributed by atoms with Crippen molar-refractivity contribution in [1.82, 2.24) is 4.90 Å². The van der Waals surface area contributed by atoms with E-state index in [1.807, 2.05) is 42.5 Å². The van der Waals surface area contributed by atoms with Crippen molar-refractivity contribution in [2.75, 3.05) is 12.4 Å². The Morgan fingerprint density at radius 2 is 1.56 bits per heavy atom. The average molecular weight is 367 g/mol. The van der Waals surface area contributed by atoms with Gasteiger partial charge in [0.05, 0.1) is 11.3 Å². The number of para-hydroxylation sites is 1. The predicted molar refractivity (Wildman–Crippen MR) is 111 cm³/mol. The Morgan fingerprint density at radius 3 is 2.30 bits per heavy atom. The van der Waals surface area contributed by atoms with Crippen LogP contribution in [0.3, 0.4) is 0 Å². The zero-order valence-corrected chi connectivity index (χ0v) is 16.4. The molecule has 0 atom stereocenters. The average Bonchev–Trinajstić information content (AvgIpc) is 2.68. The number of amides is 2. The van der Waals surface area contributed by atoms with Gasteiger partial charge in [0, 0.05) is 20.0 Å². The summed E-state index contributed by atoms with van der Waals surface area (Å²) < 4.78 is 0. The van der Waals surface area contributed by atoms with Gasteiger partial charge in [-0.3, -0.25) is 9.59 Å². The van der Waals surface area contributed by atoms with Crippen molar-refractivity contribution in [3.63, 3.8) is 0 Å². The predicted octanol–water partition coefficient (Wildman–Crippen LogP) is 5.26. The van der Waals surface area contributed by atoms with Crippen LogP contribution in [0.4, 0.5) is 5.69 Å². The number of anilines is 1. The number of hydrogen-bond acceptors (Lipinski definition) is 2. The molecule has 0 aliphatic carbocycles. The zero-order chi connectivity index (χ0) is 19.5. The number of nitrogens with zero attached hydrogens (tertiary/aromatic N) is 1. The summed E-state index contributed by atoms with van der Waals surface area (Å²) in [7, 11) is 1.78. The van der Waals surface area contributed by atoms with Gasteiger partial charge in [0.25, 0.3) is 5.91 Å². The quantitative estimate of drug-likeness (QED) is 0.583. The third-order valence-corrected chi connectivity index (χ3v) is 4.55. The highest BCUT2D eigenvalue weighted by Crippen LogP contribution is 2.19.